The molecule has 2 N–H and O–H groups in total. The van der Waals surface area contributed by atoms with Crippen LogP contribution in [-0.2, 0) is 11.2 Å². The zero-order valence-corrected chi connectivity index (χ0v) is 19.1. The van der Waals surface area contributed by atoms with Gasteiger partial charge in [0.1, 0.15) is 5.92 Å². The number of rotatable bonds is 4. The molecule has 4 rings (SSSR count). The number of nitrogens with zero attached hydrogens (tertiary/aromatic N) is 2. The molecule has 0 saturated carbocycles. The maximum atomic E-state index is 13.0. The molecule has 1 aliphatic rings. The SMILES string of the molecule is CC1=Nc2c(c(=O)[nH]c(=O)n2-c2ccc(CC(C)(C)C)cc2)C(c2ccccc2)C1C(=O)O. The number of nitrogens with one attached hydrogen (secondary N) is 1. The summed E-state index contributed by atoms with van der Waals surface area (Å²) in [6, 6.07) is 16.6. The monoisotopic (exact) mass is 445 g/mol. The highest BCUT2D eigenvalue weighted by Gasteiger charge is 2.40. The van der Waals surface area contributed by atoms with Gasteiger partial charge in [0.05, 0.1) is 11.3 Å². The molecule has 1 aliphatic heterocycles. The van der Waals surface area contributed by atoms with Crippen LogP contribution < -0.4 is 11.2 Å². The fourth-order valence-electron chi connectivity index (χ4n) is 4.53. The summed E-state index contributed by atoms with van der Waals surface area (Å²) in [6.45, 7) is 8.09. The molecule has 33 heavy (non-hydrogen) atoms. The van der Waals surface area contributed by atoms with E-state index in [-0.39, 0.29) is 16.8 Å². The number of aromatic amines is 1. The van der Waals surface area contributed by atoms with Crippen molar-refractivity contribution in [3.63, 3.8) is 0 Å². The summed E-state index contributed by atoms with van der Waals surface area (Å²) in [4.78, 5) is 45.0. The van der Waals surface area contributed by atoms with E-state index in [0.717, 1.165) is 12.0 Å². The summed E-state index contributed by atoms with van der Waals surface area (Å²) in [5.41, 5.74) is 1.77. The van der Waals surface area contributed by atoms with E-state index in [2.05, 4.69) is 30.7 Å². The lowest BCUT2D eigenvalue weighted by Gasteiger charge is -2.30. The molecule has 1 aromatic heterocycles. The Kier molecular flexibility index (Phi) is 5.66. The molecule has 3 aromatic rings. The number of H-pyrrole nitrogens is 1. The van der Waals surface area contributed by atoms with Crippen LogP contribution in [0.3, 0.4) is 0 Å². The molecular weight excluding hydrogens is 418 g/mol. The first-order valence-corrected chi connectivity index (χ1v) is 10.9. The normalized spacial score (nSPS) is 17.9. The Morgan fingerprint density at radius 1 is 1.06 bits per heavy atom. The Morgan fingerprint density at radius 3 is 2.27 bits per heavy atom. The Morgan fingerprint density at radius 2 is 1.70 bits per heavy atom. The van der Waals surface area contributed by atoms with Crippen molar-refractivity contribution >= 4 is 17.5 Å². The Bertz CT molecular complexity index is 1340. The van der Waals surface area contributed by atoms with Crippen molar-refractivity contribution in [2.75, 3.05) is 0 Å². The highest BCUT2D eigenvalue weighted by Crippen LogP contribution is 2.40. The Labute approximate surface area is 191 Å². The molecule has 0 fully saturated rings. The summed E-state index contributed by atoms with van der Waals surface area (Å²) < 4.78 is 1.36. The molecule has 2 aromatic carbocycles. The average molecular weight is 446 g/mol. The summed E-state index contributed by atoms with van der Waals surface area (Å²) in [6.07, 6.45) is 0.875. The number of carbonyl (C=O) groups is 1. The number of aliphatic imine (C=N–C) groups is 1. The van der Waals surface area contributed by atoms with Gasteiger partial charge in [-0.25, -0.2) is 14.4 Å². The zero-order valence-electron chi connectivity index (χ0n) is 19.1. The fourth-order valence-corrected chi connectivity index (χ4v) is 4.53. The molecule has 2 unspecified atom stereocenters. The van der Waals surface area contributed by atoms with Gasteiger partial charge in [0.25, 0.3) is 5.56 Å². The number of carboxylic acid groups (broad SMARTS) is 1. The minimum absolute atomic E-state index is 0.117. The van der Waals surface area contributed by atoms with Crippen LogP contribution in [0.25, 0.3) is 5.69 Å². The second kappa shape index (κ2) is 8.31. The molecule has 0 bridgehead atoms. The van der Waals surface area contributed by atoms with Gasteiger partial charge in [0.15, 0.2) is 5.82 Å². The van der Waals surface area contributed by atoms with Crippen molar-refractivity contribution in [2.45, 2.75) is 40.0 Å². The highest BCUT2D eigenvalue weighted by atomic mass is 16.4. The van der Waals surface area contributed by atoms with E-state index in [4.69, 9.17) is 0 Å². The number of carboxylic acids is 1. The van der Waals surface area contributed by atoms with Gasteiger partial charge in [-0.05, 0) is 42.0 Å². The van der Waals surface area contributed by atoms with Gasteiger partial charge in [-0.2, -0.15) is 0 Å². The number of aliphatic carboxylic acids is 1. The molecule has 0 saturated heterocycles. The van der Waals surface area contributed by atoms with Gasteiger partial charge in [0, 0.05) is 11.6 Å². The molecule has 0 amide bonds. The van der Waals surface area contributed by atoms with Crippen LogP contribution in [0.5, 0.6) is 0 Å². The number of benzene rings is 2. The Hall–Kier alpha value is -3.74. The number of hydrogen-bond acceptors (Lipinski definition) is 4. The van der Waals surface area contributed by atoms with E-state index < -0.39 is 29.1 Å². The third kappa shape index (κ3) is 4.31. The van der Waals surface area contributed by atoms with Crippen LogP contribution in [0, 0.1) is 11.3 Å². The van der Waals surface area contributed by atoms with Gasteiger partial charge in [-0.15, -0.1) is 0 Å². The minimum Gasteiger partial charge on any atom is -0.481 e. The van der Waals surface area contributed by atoms with Crippen LogP contribution in [0.15, 0.2) is 69.2 Å². The standard InChI is InChI=1S/C26H27N3O4/c1-15-19(24(31)32)20(17-8-6-5-7-9-17)21-22(27-15)29(25(33)28-23(21)30)18-12-10-16(11-13-18)14-26(2,3)4/h5-13,19-20H,14H2,1-4H3,(H,31,32)(H,28,30,33). The third-order valence-electron chi connectivity index (χ3n) is 5.85. The summed E-state index contributed by atoms with van der Waals surface area (Å²) in [7, 11) is 0. The van der Waals surface area contributed by atoms with Crippen molar-refractivity contribution in [1.29, 1.82) is 0 Å². The first kappa shape index (κ1) is 22.5. The van der Waals surface area contributed by atoms with Gasteiger partial charge < -0.3 is 5.11 Å². The first-order chi connectivity index (χ1) is 15.6. The van der Waals surface area contributed by atoms with E-state index in [9.17, 15) is 19.5 Å². The van der Waals surface area contributed by atoms with Crippen molar-refractivity contribution in [1.82, 2.24) is 9.55 Å². The predicted octanol–water partition coefficient (Wildman–Crippen LogP) is 4.05. The van der Waals surface area contributed by atoms with Gasteiger partial charge in [-0.1, -0.05) is 63.2 Å². The molecule has 0 radical (unpaired) electrons. The topological polar surface area (TPSA) is 105 Å². The minimum atomic E-state index is -1.07. The lowest BCUT2D eigenvalue weighted by Crippen LogP contribution is -2.40. The second-order valence-corrected chi connectivity index (χ2v) is 9.69. The van der Waals surface area contributed by atoms with E-state index in [0.29, 0.717) is 17.0 Å². The smallest absolute Gasteiger partial charge is 0.334 e. The quantitative estimate of drug-likeness (QED) is 0.632. The average Bonchev–Trinajstić information content (AvgIpc) is 2.73. The molecule has 170 valence electrons. The van der Waals surface area contributed by atoms with Gasteiger partial charge >= 0.3 is 11.7 Å². The van der Waals surface area contributed by atoms with Crippen molar-refractivity contribution in [2.24, 2.45) is 16.3 Å². The van der Waals surface area contributed by atoms with Crippen molar-refractivity contribution in [3.8, 4) is 5.69 Å². The van der Waals surface area contributed by atoms with Crippen LogP contribution >= 0.6 is 0 Å². The van der Waals surface area contributed by atoms with E-state index >= 15 is 0 Å². The van der Waals surface area contributed by atoms with Crippen LogP contribution in [0.1, 0.15) is 50.3 Å². The molecule has 0 spiro atoms. The fraction of sp³-hybridized carbons (Fsp3) is 0.308. The van der Waals surface area contributed by atoms with Gasteiger partial charge in [0.2, 0.25) is 0 Å². The molecule has 0 aliphatic carbocycles. The van der Waals surface area contributed by atoms with Crippen molar-refractivity contribution < 1.29 is 9.90 Å². The summed E-state index contributed by atoms with van der Waals surface area (Å²) >= 11 is 0. The van der Waals surface area contributed by atoms with Crippen LogP contribution in [0.2, 0.25) is 0 Å². The number of hydrogen-bond donors (Lipinski definition) is 2. The molecule has 2 heterocycles. The van der Waals surface area contributed by atoms with E-state index in [1.54, 1.807) is 31.2 Å². The second-order valence-electron chi connectivity index (χ2n) is 9.69. The van der Waals surface area contributed by atoms with Crippen LogP contribution in [0.4, 0.5) is 5.82 Å². The largest absolute Gasteiger partial charge is 0.481 e. The maximum Gasteiger partial charge on any atom is 0.334 e. The van der Waals surface area contributed by atoms with Crippen molar-refractivity contribution in [3.05, 3.63) is 92.1 Å². The zero-order chi connectivity index (χ0) is 23.9. The van der Waals surface area contributed by atoms with E-state index in [1.807, 2.05) is 30.3 Å². The summed E-state index contributed by atoms with van der Waals surface area (Å²) in [5.74, 6) is -2.68. The summed E-state index contributed by atoms with van der Waals surface area (Å²) in [5, 5.41) is 9.96. The Balaban J connectivity index is 1.95. The first-order valence-electron chi connectivity index (χ1n) is 10.9. The lowest BCUT2D eigenvalue weighted by atomic mass is 9.77. The highest BCUT2D eigenvalue weighted by molar-refractivity contribution is 6.04. The number of aromatic nitrogens is 2. The molecule has 7 nitrogen and oxygen atoms in total. The van der Waals surface area contributed by atoms with Crippen LogP contribution in [-0.4, -0.2) is 26.3 Å². The third-order valence-corrected chi connectivity index (χ3v) is 5.85. The number of fused-ring (bicyclic) bond motifs is 1. The predicted molar refractivity (Wildman–Crippen MR) is 128 cm³/mol. The molecule has 7 heteroatoms. The molecular formula is C26H27N3O4. The van der Waals surface area contributed by atoms with E-state index in [1.165, 1.54) is 4.57 Å². The maximum absolute atomic E-state index is 13.0. The molecule has 2 atom stereocenters. The van der Waals surface area contributed by atoms with Gasteiger partial charge in [-0.3, -0.25) is 14.6 Å². The lowest BCUT2D eigenvalue weighted by molar-refractivity contribution is -0.139.